The van der Waals surface area contributed by atoms with Crippen LogP contribution in [0.25, 0.3) is 0 Å². The van der Waals surface area contributed by atoms with Crippen LogP contribution in [-0.2, 0) is 25.7 Å². The van der Waals surface area contributed by atoms with E-state index in [9.17, 15) is 26.2 Å². The number of sulfone groups is 1. The monoisotopic (exact) mass is 638 g/mol. The molecule has 2 aromatic rings. The van der Waals surface area contributed by atoms with Crippen molar-refractivity contribution < 1.29 is 50.6 Å². The maximum atomic E-state index is 13.8. The van der Waals surface area contributed by atoms with Crippen LogP contribution in [0.1, 0.15) is 62.3 Å². The summed E-state index contributed by atoms with van der Waals surface area (Å²) in [5.74, 6) is -2.22. The molecule has 3 rings (SSSR count). The highest BCUT2D eigenvalue weighted by Crippen LogP contribution is 2.41. The molecule has 1 aliphatic heterocycles. The third-order valence-corrected chi connectivity index (χ3v) is 9.69. The van der Waals surface area contributed by atoms with E-state index in [1.54, 1.807) is 12.1 Å². The van der Waals surface area contributed by atoms with E-state index in [0.717, 1.165) is 24.8 Å². The van der Waals surface area contributed by atoms with E-state index in [1.165, 1.54) is 7.11 Å². The lowest BCUT2D eigenvalue weighted by molar-refractivity contribution is -0.192. The van der Waals surface area contributed by atoms with Gasteiger partial charge in [0.1, 0.15) is 5.75 Å². The molecule has 1 aliphatic rings. The molecule has 0 radical (unpaired) electrons. The Kier molecular flexibility index (Phi) is 12.6. The molecule has 0 aliphatic carbocycles. The van der Waals surface area contributed by atoms with Gasteiger partial charge in [0, 0.05) is 24.2 Å². The number of halogens is 3. The number of unbranched alkanes of at least 4 members (excludes halogenated alkanes) is 1. The van der Waals surface area contributed by atoms with E-state index in [-0.39, 0.29) is 35.9 Å². The normalized spacial score (nSPS) is 20.0. The number of rotatable bonds is 11. The second-order valence-corrected chi connectivity index (χ2v) is 13.8. The molecule has 0 saturated heterocycles. The Morgan fingerprint density at radius 1 is 1.19 bits per heavy atom. The molecule has 236 valence electrons. The van der Waals surface area contributed by atoms with Gasteiger partial charge < -0.3 is 24.9 Å². The zero-order valence-electron chi connectivity index (χ0n) is 23.6. The quantitative estimate of drug-likeness (QED) is 0.176. The predicted molar refractivity (Wildman–Crippen MR) is 151 cm³/mol. The largest absolute Gasteiger partial charge is 0.496 e. The van der Waals surface area contributed by atoms with Crippen LogP contribution in [0.4, 0.5) is 13.2 Å². The Bertz CT molecular complexity index is 1350. The molecule has 5 N–H and O–H groups in total. The summed E-state index contributed by atoms with van der Waals surface area (Å²) in [6.07, 6.45) is -2.05. The summed E-state index contributed by atoms with van der Waals surface area (Å²) in [6.45, 7) is 4.47. The average molecular weight is 639 g/mol. The lowest BCUT2D eigenvalue weighted by atomic mass is 9.88. The number of alkyl halides is 3. The predicted octanol–water partition coefficient (Wildman–Crippen LogP) is 4.40. The van der Waals surface area contributed by atoms with Gasteiger partial charge in [-0.25, -0.2) is 13.2 Å². The first-order chi connectivity index (χ1) is 19.5. The van der Waals surface area contributed by atoms with Crippen molar-refractivity contribution in [2.45, 2.75) is 68.7 Å². The van der Waals surface area contributed by atoms with Crippen LogP contribution in [0, 0.1) is 0 Å². The summed E-state index contributed by atoms with van der Waals surface area (Å²) in [5.41, 5.74) is 1.70. The van der Waals surface area contributed by atoms with Gasteiger partial charge in [0.25, 0.3) is 0 Å². The topological polar surface area (TPSA) is 162 Å². The Labute approximate surface area is 243 Å². The summed E-state index contributed by atoms with van der Waals surface area (Å²) >= 11 is 0. The van der Waals surface area contributed by atoms with Crippen LogP contribution in [-0.4, -0.2) is 66.6 Å². The second kappa shape index (κ2) is 14.8. The number of fused-ring (bicyclic) bond motifs is 1. The number of aliphatic carboxylic acids is 1. The SMILES string of the molecule is CCCC[C@]1(CC)CS(=O)(=O)c2cc(CNCCP(=O)(O)O)c(OC)cc2[C@@H](c2ccccc2)N1.O=C(O)C(F)(F)F. The summed E-state index contributed by atoms with van der Waals surface area (Å²) in [4.78, 5) is 27.4. The summed E-state index contributed by atoms with van der Waals surface area (Å²) < 4.78 is 76.2. The molecule has 0 unspecified atom stereocenters. The van der Waals surface area contributed by atoms with E-state index in [1.807, 2.05) is 37.3 Å². The molecule has 15 heteroatoms. The molecular formula is C27H38F3N2O8PS. The maximum absolute atomic E-state index is 13.8. The van der Waals surface area contributed by atoms with E-state index >= 15 is 0 Å². The highest BCUT2D eigenvalue weighted by atomic mass is 32.2. The van der Waals surface area contributed by atoms with Crippen molar-refractivity contribution in [2.75, 3.05) is 25.6 Å². The van der Waals surface area contributed by atoms with Crippen molar-refractivity contribution in [1.29, 1.82) is 0 Å². The number of methoxy groups -OCH3 is 1. The van der Waals surface area contributed by atoms with Crippen LogP contribution in [0.3, 0.4) is 0 Å². The van der Waals surface area contributed by atoms with Crippen LogP contribution in [0.15, 0.2) is 47.4 Å². The van der Waals surface area contributed by atoms with Gasteiger partial charge in [-0.1, -0.05) is 57.0 Å². The summed E-state index contributed by atoms with van der Waals surface area (Å²) in [7, 11) is -6.22. The molecule has 10 nitrogen and oxygen atoms in total. The minimum atomic E-state index is -5.08. The Hall–Kier alpha value is -2.48. The first-order valence-electron chi connectivity index (χ1n) is 13.3. The van der Waals surface area contributed by atoms with Gasteiger partial charge >= 0.3 is 19.7 Å². The number of hydrogen-bond donors (Lipinski definition) is 5. The number of carboxylic acid groups (broad SMARTS) is 1. The van der Waals surface area contributed by atoms with Crippen molar-refractivity contribution in [3.05, 3.63) is 59.2 Å². The molecule has 0 amide bonds. The van der Waals surface area contributed by atoms with Gasteiger partial charge in [-0.05, 0) is 36.1 Å². The third-order valence-electron chi connectivity index (χ3n) is 6.93. The van der Waals surface area contributed by atoms with Crippen molar-refractivity contribution >= 4 is 23.4 Å². The fraction of sp³-hybridized carbons (Fsp3) is 0.519. The van der Waals surface area contributed by atoms with Gasteiger partial charge in [0.05, 0.1) is 30.0 Å². The summed E-state index contributed by atoms with van der Waals surface area (Å²) in [6, 6.07) is 13.0. The van der Waals surface area contributed by atoms with E-state index in [0.29, 0.717) is 23.3 Å². The average Bonchev–Trinajstić information content (AvgIpc) is 3.01. The lowest BCUT2D eigenvalue weighted by Crippen LogP contribution is -2.50. The van der Waals surface area contributed by atoms with Crippen molar-refractivity contribution in [2.24, 2.45) is 0 Å². The molecule has 0 bridgehead atoms. The number of hydrogen-bond acceptors (Lipinski definition) is 7. The number of benzene rings is 2. The first kappa shape index (κ1) is 35.7. The van der Waals surface area contributed by atoms with E-state index in [2.05, 4.69) is 17.6 Å². The van der Waals surface area contributed by atoms with Gasteiger partial charge in [-0.2, -0.15) is 13.2 Å². The lowest BCUT2D eigenvalue weighted by Gasteiger charge is -2.36. The van der Waals surface area contributed by atoms with Gasteiger partial charge in [-0.3, -0.25) is 9.88 Å². The smallest absolute Gasteiger partial charge is 0.490 e. The maximum Gasteiger partial charge on any atom is 0.490 e. The number of carboxylic acids is 1. The van der Waals surface area contributed by atoms with Crippen LogP contribution in [0.2, 0.25) is 0 Å². The minimum absolute atomic E-state index is 0.00420. The molecular weight excluding hydrogens is 600 g/mol. The van der Waals surface area contributed by atoms with Gasteiger partial charge in [0.2, 0.25) is 0 Å². The molecule has 0 aromatic heterocycles. The van der Waals surface area contributed by atoms with Crippen molar-refractivity contribution in [1.82, 2.24) is 10.6 Å². The van der Waals surface area contributed by atoms with Crippen LogP contribution >= 0.6 is 7.60 Å². The van der Waals surface area contributed by atoms with Crippen LogP contribution in [0.5, 0.6) is 5.75 Å². The third kappa shape index (κ3) is 10.1. The highest BCUT2D eigenvalue weighted by Gasteiger charge is 2.42. The zero-order chi connectivity index (χ0) is 31.8. The minimum Gasteiger partial charge on any atom is -0.496 e. The molecule has 1 heterocycles. The Balaban J connectivity index is 0.000000782. The van der Waals surface area contributed by atoms with Gasteiger partial charge in [0.15, 0.2) is 9.84 Å². The standard InChI is InChI=1S/C25H37N2O6PS.C2HF3O2/c1-4-6-12-25(5-2)18-35(31,32)23-15-20(17-26-13-14-34(28,29)30)22(33-3)16-21(23)24(27-25)19-10-8-7-9-11-19;3-2(4,5)1(6)7/h7-11,15-16,24,26-27H,4-6,12-14,17-18H2,1-3H3,(H2,28,29,30);(H,6,7)/t24-,25-;/m1./s1. The fourth-order valence-electron chi connectivity index (χ4n) is 4.70. The zero-order valence-corrected chi connectivity index (χ0v) is 25.4. The summed E-state index contributed by atoms with van der Waals surface area (Å²) in [5, 5.41) is 13.9. The molecule has 2 aromatic carbocycles. The Morgan fingerprint density at radius 3 is 2.31 bits per heavy atom. The Morgan fingerprint density at radius 2 is 1.81 bits per heavy atom. The van der Waals surface area contributed by atoms with Gasteiger partial charge in [-0.15, -0.1) is 0 Å². The van der Waals surface area contributed by atoms with E-state index in [4.69, 9.17) is 24.4 Å². The number of carbonyl (C=O) groups is 1. The first-order valence-corrected chi connectivity index (χ1v) is 16.7. The molecule has 42 heavy (non-hydrogen) atoms. The van der Waals surface area contributed by atoms with Crippen LogP contribution < -0.4 is 15.4 Å². The molecule has 0 fully saturated rings. The highest BCUT2D eigenvalue weighted by molar-refractivity contribution is 7.91. The van der Waals surface area contributed by atoms with Crippen molar-refractivity contribution in [3.63, 3.8) is 0 Å². The molecule has 2 atom stereocenters. The fourth-order valence-corrected chi connectivity index (χ4v) is 7.33. The molecule has 0 saturated carbocycles. The number of ether oxygens (including phenoxy) is 1. The van der Waals surface area contributed by atoms with E-state index < -0.39 is 35.1 Å². The second-order valence-electron chi connectivity index (χ2n) is 10.1. The number of nitrogens with one attached hydrogen (secondary N) is 2. The van der Waals surface area contributed by atoms with Crippen molar-refractivity contribution in [3.8, 4) is 5.75 Å². The molecule has 0 spiro atoms.